The molecule has 2 N–H and O–H groups in total. The molecule has 166 valence electrons. The standard InChI is InChI=1S/C22H39N5O.HI/c1-8-23-21(27(7)17-20(28)25-22(3,4)5)24-15-14-18(2)26(6)16-19-12-10-9-11-13-19;/h9-13,18H,8,14-17H2,1-7H3,(H,23,24)(H,25,28);1H. The highest BCUT2D eigenvalue weighted by molar-refractivity contribution is 14.0. The number of carbonyl (C=O) groups excluding carboxylic acids is 1. The van der Waals surface area contributed by atoms with Gasteiger partial charge >= 0.3 is 0 Å². The summed E-state index contributed by atoms with van der Waals surface area (Å²) in [5.74, 6) is 0.765. The molecule has 1 unspecified atom stereocenters. The molecule has 29 heavy (non-hydrogen) atoms. The van der Waals surface area contributed by atoms with E-state index in [9.17, 15) is 4.79 Å². The molecule has 1 rings (SSSR count). The summed E-state index contributed by atoms with van der Waals surface area (Å²) in [5, 5.41) is 6.27. The monoisotopic (exact) mass is 517 g/mol. The van der Waals surface area contributed by atoms with Crippen LogP contribution in [0.5, 0.6) is 0 Å². The smallest absolute Gasteiger partial charge is 0.240 e. The average molecular weight is 518 g/mol. The van der Waals surface area contributed by atoms with E-state index < -0.39 is 0 Å². The molecule has 7 heteroatoms. The lowest BCUT2D eigenvalue weighted by Crippen LogP contribution is -2.48. The van der Waals surface area contributed by atoms with Crippen LogP contribution in [-0.4, -0.2) is 67.0 Å². The van der Waals surface area contributed by atoms with Crippen molar-refractivity contribution in [2.75, 3.05) is 33.7 Å². The van der Waals surface area contributed by atoms with Crippen molar-refractivity contribution < 1.29 is 4.79 Å². The van der Waals surface area contributed by atoms with E-state index in [0.717, 1.165) is 25.5 Å². The van der Waals surface area contributed by atoms with Crippen LogP contribution in [0.3, 0.4) is 0 Å². The third-order valence-corrected chi connectivity index (χ3v) is 4.43. The Balaban J connectivity index is 0.00000784. The normalized spacial score (nSPS) is 12.9. The van der Waals surface area contributed by atoms with Gasteiger partial charge in [0.15, 0.2) is 5.96 Å². The Kier molecular flexibility index (Phi) is 13.2. The number of hydrogen-bond donors (Lipinski definition) is 2. The number of guanidine groups is 1. The molecule has 0 heterocycles. The molecule has 0 saturated heterocycles. The maximum Gasteiger partial charge on any atom is 0.240 e. The molecule has 0 bridgehead atoms. The minimum Gasteiger partial charge on any atom is -0.357 e. The van der Waals surface area contributed by atoms with Crippen molar-refractivity contribution in [2.45, 2.75) is 59.2 Å². The first-order valence-electron chi connectivity index (χ1n) is 10.2. The van der Waals surface area contributed by atoms with E-state index in [2.05, 4.69) is 53.8 Å². The fourth-order valence-corrected chi connectivity index (χ4v) is 2.82. The Hall–Kier alpha value is -1.35. The number of rotatable bonds is 9. The van der Waals surface area contributed by atoms with Crippen molar-refractivity contribution in [3.63, 3.8) is 0 Å². The quantitative estimate of drug-likeness (QED) is 0.300. The molecule has 6 nitrogen and oxygen atoms in total. The highest BCUT2D eigenvalue weighted by atomic mass is 127. The van der Waals surface area contributed by atoms with E-state index in [1.54, 1.807) is 0 Å². The molecule has 0 aromatic heterocycles. The van der Waals surface area contributed by atoms with Gasteiger partial charge in [0.25, 0.3) is 0 Å². The second-order valence-electron chi connectivity index (χ2n) is 8.43. The molecule has 0 spiro atoms. The lowest BCUT2D eigenvalue weighted by atomic mass is 10.1. The van der Waals surface area contributed by atoms with Crippen LogP contribution < -0.4 is 10.6 Å². The summed E-state index contributed by atoms with van der Waals surface area (Å²) >= 11 is 0. The van der Waals surface area contributed by atoms with Crippen LogP contribution in [0.4, 0.5) is 0 Å². The number of likely N-dealkylation sites (N-methyl/N-ethyl adjacent to an activating group) is 1. The van der Waals surface area contributed by atoms with Crippen molar-refractivity contribution in [1.29, 1.82) is 0 Å². The Morgan fingerprint density at radius 2 is 1.79 bits per heavy atom. The molecule has 1 aromatic carbocycles. The van der Waals surface area contributed by atoms with E-state index in [0.29, 0.717) is 12.6 Å². The number of benzene rings is 1. The zero-order chi connectivity index (χ0) is 21.2. The van der Waals surface area contributed by atoms with Gasteiger partial charge in [-0.15, -0.1) is 24.0 Å². The fourth-order valence-electron chi connectivity index (χ4n) is 2.82. The number of nitrogens with zero attached hydrogens (tertiary/aromatic N) is 3. The molecule has 0 saturated carbocycles. The van der Waals surface area contributed by atoms with Gasteiger partial charge in [-0.3, -0.25) is 14.7 Å². The lowest BCUT2D eigenvalue weighted by molar-refractivity contribution is -0.122. The van der Waals surface area contributed by atoms with Gasteiger partial charge in [0.1, 0.15) is 0 Å². The zero-order valence-corrected chi connectivity index (χ0v) is 21.5. The molecule has 0 radical (unpaired) electrons. The minimum absolute atomic E-state index is 0. The Bertz CT molecular complexity index is 615. The third-order valence-electron chi connectivity index (χ3n) is 4.43. The summed E-state index contributed by atoms with van der Waals surface area (Å²) < 4.78 is 0. The van der Waals surface area contributed by atoms with Gasteiger partial charge in [-0.25, -0.2) is 0 Å². The molecule has 0 aliphatic rings. The Labute approximate surface area is 194 Å². The number of amides is 1. The first kappa shape index (κ1) is 27.6. The van der Waals surface area contributed by atoms with Gasteiger partial charge < -0.3 is 15.5 Å². The van der Waals surface area contributed by atoms with Crippen molar-refractivity contribution in [1.82, 2.24) is 20.4 Å². The van der Waals surface area contributed by atoms with Crippen molar-refractivity contribution >= 4 is 35.8 Å². The molecule has 1 aromatic rings. The van der Waals surface area contributed by atoms with Gasteiger partial charge in [0.2, 0.25) is 5.91 Å². The third kappa shape index (κ3) is 12.1. The number of hydrogen-bond acceptors (Lipinski definition) is 3. The van der Waals surface area contributed by atoms with Crippen LogP contribution in [0.1, 0.15) is 46.6 Å². The minimum atomic E-state index is -0.230. The van der Waals surface area contributed by atoms with Crippen molar-refractivity contribution in [2.24, 2.45) is 4.99 Å². The number of nitrogens with one attached hydrogen (secondary N) is 2. The Morgan fingerprint density at radius 1 is 1.17 bits per heavy atom. The van der Waals surface area contributed by atoms with Gasteiger partial charge in [-0.05, 0) is 53.7 Å². The number of aliphatic imine (C=N–C) groups is 1. The predicted molar refractivity (Wildman–Crippen MR) is 134 cm³/mol. The van der Waals surface area contributed by atoms with Gasteiger partial charge in [0, 0.05) is 38.3 Å². The molecule has 0 fully saturated rings. The van der Waals surface area contributed by atoms with Crippen LogP contribution >= 0.6 is 24.0 Å². The topological polar surface area (TPSA) is 60.0 Å². The second-order valence-corrected chi connectivity index (χ2v) is 8.43. The summed E-state index contributed by atoms with van der Waals surface area (Å²) in [6.07, 6.45) is 0.959. The van der Waals surface area contributed by atoms with Gasteiger partial charge in [0.05, 0.1) is 6.54 Å². The molecular weight excluding hydrogens is 477 g/mol. The van der Waals surface area contributed by atoms with E-state index in [4.69, 9.17) is 4.99 Å². The van der Waals surface area contributed by atoms with E-state index >= 15 is 0 Å². The second kappa shape index (κ2) is 13.8. The summed E-state index contributed by atoms with van der Waals surface area (Å²) in [6, 6.07) is 10.9. The summed E-state index contributed by atoms with van der Waals surface area (Å²) in [6.45, 7) is 12.9. The Morgan fingerprint density at radius 3 is 2.34 bits per heavy atom. The van der Waals surface area contributed by atoms with Gasteiger partial charge in [-0.2, -0.15) is 0 Å². The van der Waals surface area contributed by atoms with Crippen LogP contribution in [0.15, 0.2) is 35.3 Å². The molecule has 0 aliphatic carbocycles. The first-order chi connectivity index (χ1) is 13.1. The average Bonchev–Trinajstić information content (AvgIpc) is 2.59. The van der Waals surface area contributed by atoms with E-state index in [1.807, 2.05) is 45.7 Å². The van der Waals surface area contributed by atoms with E-state index in [1.165, 1.54) is 5.56 Å². The van der Waals surface area contributed by atoms with Crippen molar-refractivity contribution in [3.05, 3.63) is 35.9 Å². The lowest BCUT2D eigenvalue weighted by Gasteiger charge is -2.26. The SMILES string of the molecule is CCNC(=NCCC(C)N(C)Cc1ccccc1)N(C)CC(=O)NC(C)(C)C.I. The largest absolute Gasteiger partial charge is 0.357 e. The molecule has 0 aliphatic heterocycles. The number of halogens is 1. The zero-order valence-electron chi connectivity index (χ0n) is 19.2. The van der Waals surface area contributed by atoms with Crippen molar-refractivity contribution in [3.8, 4) is 0 Å². The highest BCUT2D eigenvalue weighted by Gasteiger charge is 2.17. The van der Waals surface area contributed by atoms with Crippen LogP contribution in [-0.2, 0) is 11.3 Å². The predicted octanol–water partition coefficient (Wildman–Crippen LogP) is 3.33. The first-order valence-corrected chi connectivity index (χ1v) is 10.2. The van der Waals surface area contributed by atoms with Crippen LogP contribution in [0.25, 0.3) is 0 Å². The van der Waals surface area contributed by atoms with Crippen LogP contribution in [0, 0.1) is 0 Å². The summed E-state index contributed by atoms with van der Waals surface area (Å²) in [4.78, 5) is 21.1. The summed E-state index contributed by atoms with van der Waals surface area (Å²) in [7, 11) is 4.05. The fraction of sp³-hybridized carbons (Fsp3) is 0.636. The maximum atomic E-state index is 12.2. The highest BCUT2D eigenvalue weighted by Crippen LogP contribution is 2.08. The summed E-state index contributed by atoms with van der Waals surface area (Å²) in [5.41, 5.74) is 1.09. The van der Waals surface area contributed by atoms with Gasteiger partial charge in [-0.1, -0.05) is 30.3 Å². The van der Waals surface area contributed by atoms with E-state index in [-0.39, 0.29) is 42.0 Å². The molecule has 1 amide bonds. The maximum absolute atomic E-state index is 12.2. The molecular formula is C22H40IN5O. The molecule has 1 atom stereocenters. The number of carbonyl (C=O) groups is 1. The van der Waals surface area contributed by atoms with Crippen LogP contribution in [0.2, 0.25) is 0 Å².